The Labute approximate surface area is 120 Å². The van der Waals surface area contributed by atoms with Crippen LogP contribution in [0, 0.1) is 0 Å². The monoisotopic (exact) mass is 356 g/mol. The minimum Gasteiger partial charge on any atom is -0.398 e. The molecule has 0 radical (unpaired) electrons. The van der Waals surface area contributed by atoms with E-state index < -0.39 is 15.6 Å². The Morgan fingerprint density at radius 2 is 2.06 bits per heavy atom. The van der Waals surface area contributed by atoms with E-state index in [2.05, 4.69) is 20.7 Å². The molecule has 1 aromatic rings. The number of nitrogen functional groups attached to an aromatic ring is 1. The van der Waals surface area contributed by atoms with Gasteiger partial charge in [-0.25, -0.2) is 13.1 Å². The number of nitrogens with two attached hydrogens (primary N) is 1. The zero-order chi connectivity index (χ0) is 14.1. The van der Waals surface area contributed by atoms with E-state index in [0.717, 1.165) is 0 Å². The van der Waals surface area contributed by atoms with Crippen LogP contribution in [0.15, 0.2) is 21.5 Å². The van der Waals surface area contributed by atoms with Crippen molar-refractivity contribution in [3.05, 3.63) is 21.6 Å². The first-order valence-electron chi connectivity index (χ1n) is 4.99. The molecule has 4 N–H and O–H groups in total. The molecule has 0 atom stereocenters. The molecular weight excluding hydrogens is 344 g/mol. The van der Waals surface area contributed by atoms with Crippen molar-refractivity contribution >= 4 is 43.2 Å². The van der Waals surface area contributed by atoms with Crippen molar-refractivity contribution in [2.75, 3.05) is 12.3 Å². The molecule has 0 aliphatic carbocycles. The van der Waals surface area contributed by atoms with Crippen molar-refractivity contribution in [2.45, 2.75) is 24.3 Å². The van der Waals surface area contributed by atoms with E-state index >= 15 is 0 Å². The smallest absolute Gasteiger partial charge is 0.241 e. The van der Waals surface area contributed by atoms with E-state index in [1.165, 1.54) is 26.0 Å². The van der Waals surface area contributed by atoms with E-state index in [4.69, 9.17) is 17.3 Å². The third-order valence-corrected chi connectivity index (χ3v) is 4.81. The molecule has 0 heterocycles. The van der Waals surface area contributed by atoms with E-state index in [1.54, 1.807) is 0 Å². The van der Waals surface area contributed by atoms with Gasteiger partial charge in [0.2, 0.25) is 10.0 Å². The molecule has 0 aliphatic rings. The van der Waals surface area contributed by atoms with E-state index in [1.807, 2.05) is 0 Å². The lowest BCUT2D eigenvalue weighted by Crippen LogP contribution is -2.38. The summed E-state index contributed by atoms with van der Waals surface area (Å²) in [6.07, 6.45) is 0. The molecule has 0 amide bonds. The SMILES string of the molecule is CC(C)(O)CNS(=O)(=O)c1cc(Cl)cc(N)c1Br. The van der Waals surface area contributed by atoms with Gasteiger partial charge >= 0.3 is 0 Å². The fourth-order valence-corrected chi connectivity index (χ4v) is 3.62. The molecule has 8 heteroatoms. The highest BCUT2D eigenvalue weighted by molar-refractivity contribution is 9.10. The van der Waals surface area contributed by atoms with Gasteiger partial charge in [-0.2, -0.15) is 0 Å². The number of anilines is 1. The van der Waals surface area contributed by atoms with Crippen LogP contribution in [-0.4, -0.2) is 25.7 Å². The quantitative estimate of drug-likeness (QED) is 0.716. The highest BCUT2D eigenvalue weighted by Gasteiger charge is 2.23. The molecule has 1 rings (SSSR count). The second-order valence-corrected chi connectivity index (χ2v) is 7.41. The van der Waals surface area contributed by atoms with Crippen molar-refractivity contribution in [1.29, 1.82) is 0 Å². The van der Waals surface area contributed by atoms with Crippen LogP contribution < -0.4 is 10.5 Å². The van der Waals surface area contributed by atoms with Crippen LogP contribution in [0.4, 0.5) is 5.69 Å². The summed E-state index contributed by atoms with van der Waals surface area (Å²) in [5.41, 5.74) is 4.71. The maximum absolute atomic E-state index is 12.0. The second kappa shape index (κ2) is 5.34. The molecular formula is C10H14BrClN2O3S. The van der Waals surface area contributed by atoms with Gasteiger partial charge in [0, 0.05) is 17.3 Å². The number of nitrogens with one attached hydrogen (secondary N) is 1. The summed E-state index contributed by atoms with van der Waals surface area (Å²) in [6.45, 7) is 2.88. The summed E-state index contributed by atoms with van der Waals surface area (Å²) < 4.78 is 26.6. The molecule has 0 fully saturated rings. The van der Waals surface area contributed by atoms with Gasteiger partial charge in [0.25, 0.3) is 0 Å². The van der Waals surface area contributed by atoms with Gasteiger partial charge in [-0.15, -0.1) is 0 Å². The van der Waals surface area contributed by atoms with Crippen molar-refractivity contribution < 1.29 is 13.5 Å². The lowest BCUT2D eigenvalue weighted by Gasteiger charge is -2.18. The summed E-state index contributed by atoms with van der Waals surface area (Å²) in [5.74, 6) is 0. The third kappa shape index (κ3) is 4.10. The first-order chi connectivity index (χ1) is 8.03. The minimum atomic E-state index is -3.79. The summed E-state index contributed by atoms with van der Waals surface area (Å²) >= 11 is 8.88. The number of hydrogen-bond donors (Lipinski definition) is 3. The Balaban J connectivity index is 3.13. The summed E-state index contributed by atoms with van der Waals surface area (Å²) in [6, 6.07) is 2.73. The molecule has 0 bridgehead atoms. The molecule has 0 aliphatic heterocycles. The van der Waals surface area contributed by atoms with Crippen molar-refractivity contribution in [2.24, 2.45) is 0 Å². The fraction of sp³-hybridized carbons (Fsp3) is 0.400. The van der Waals surface area contributed by atoms with Crippen LogP contribution in [0.5, 0.6) is 0 Å². The van der Waals surface area contributed by atoms with Gasteiger partial charge in [-0.1, -0.05) is 11.6 Å². The normalized spacial score (nSPS) is 12.7. The number of aliphatic hydroxyl groups is 1. The average Bonchev–Trinajstić information content (AvgIpc) is 2.19. The fourth-order valence-electron chi connectivity index (χ4n) is 1.13. The highest BCUT2D eigenvalue weighted by Crippen LogP contribution is 2.31. The number of halogens is 2. The maximum Gasteiger partial charge on any atom is 0.241 e. The van der Waals surface area contributed by atoms with Crippen LogP contribution in [0.2, 0.25) is 5.02 Å². The van der Waals surface area contributed by atoms with Gasteiger partial charge in [-0.05, 0) is 41.9 Å². The van der Waals surface area contributed by atoms with Gasteiger partial charge in [0.15, 0.2) is 0 Å². The van der Waals surface area contributed by atoms with E-state index in [0.29, 0.717) is 0 Å². The topological polar surface area (TPSA) is 92.4 Å². The lowest BCUT2D eigenvalue weighted by molar-refractivity contribution is 0.0857. The predicted molar refractivity (Wildman–Crippen MR) is 75.1 cm³/mol. The molecule has 0 aromatic heterocycles. The second-order valence-electron chi connectivity index (χ2n) is 4.44. The zero-order valence-corrected chi connectivity index (χ0v) is 13.0. The number of hydrogen-bond acceptors (Lipinski definition) is 4. The van der Waals surface area contributed by atoms with Crippen LogP contribution in [-0.2, 0) is 10.0 Å². The Kier molecular flexibility index (Phi) is 4.66. The zero-order valence-electron chi connectivity index (χ0n) is 9.87. The number of rotatable bonds is 4. The van der Waals surface area contributed by atoms with Crippen molar-refractivity contribution in [3.63, 3.8) is 0 Å². The molecule has 0 saturated carbocycles. The molecule has 102 valence electrons. The summed E-state index contributed by atoms with van der Waals surface area (Å²) in [4.78, 5) is -0.0586. The van der Waals surface area contributed by atoms with E-state index in [-0.39, 0.29) is 26.6 Å². The van der Waals surface area contributed by atoms with Gasteiger partial charge in [0.05, 0.1) is 15.0 Å². The Morgan fingerprint density at radius 1 is 1.50 bits per heavy atom. The molecule has 0 unspecified atom stereocenters. The third-order valence-electron chi connectivity index (χ3n) is 2.02. The van der Waals surface area contributed by atoms with Gasteiger partial charge in [-0.3, -0.25) is 0 Å². The average molecular weight is 358 g/mol. The minimum absolute atomic E-state index is 0.0586. The number of sulfonamides is 1. The summed E-state index contributed by atoms with van der Waals surface area (Å²) in [5, 5.41) is 9.74. The van der Waals surface area contributed by atoms with Gasteiger partial charge in [0.1, 0.15) is 0 Å². The first-order valence-corrected chi connectivity index (χ1v) is 7.65. The molecule has 0 saturated heterocycles. The number of benzene rings is 1. The first kappa shape index (κ1) is 15.7. The van der Waals surface area contributed by atoms with Crippen LogP contribution in [0.3, 0.4) is 0 Å². The molecule has 0 spiro atoms. The lowest BCUT2D eigenvalue weighted by atomic mass is 10.1. The van der Waals surface area contributed by atoms with Gasteiger partial charge < -0.3 is 10.8 Å². The Hall–Kier alpha value is -0.340. The molecule has 18 heavy (non-hydrogen) atoms. The van der Waals surface area contributed by atoms with Crippen molar-refractivity contribution in [3.8, 4) is 0 Å². The molecule has 5 nitrogen and oxygen atoms in total. The Bertz CT molecular complexity index is 555. The van der Waals surface area contributed by atoms with Crippen molar-refractivity contribution in [1.82, 2.24) is 4.72 Å². The van der Waals surface area contributed by atoms with Crippen LogP contribution in [0.25, 0.3) is 0 Å². The summed E-state index contributed by atoms with van der Waals surface area (Å²) in [7, 11) is -3.79. The van der Waals surface area contributed by atoms with E-state index in [9.17, 15) is 13.5 Å². The van der Waals surface area contributed by atoms with Crippen LogP contribution in [0.1, 0.15) is 13.8 Å². The highest BCUT2D eigenvalue weighted by atomic mass is 79.9. The predicted octanol–water partition coefficient (Wildman–Crippen LogP) is 1.73. The maximum atomic E-state index is 12.0. The standard InChI is InChI=1S/C10H14BrClN2O3S/c1-10(2,15)5-14-18(16,17)8-4-6(12)3-7(13)9(8)11/h3-4,14-15H,5,13H2,1-2H3. The molecule has 1 aromatic carbocycles. The van der Waals surface area contributed by atoms with Crippen LogP contribution >= 0.6 is 27.5 Å². The largest absolute Gasteiger partial charge is 0.398 e. The Morgan fingerprint density at radius 3 is 2.56 bits per heavy atom.